The Balaban J connectivity index is 1.58. The summed E-state index contributed by atoms with van der Waals surface area (Å²) in [7, 11) is 0. The molecule has 1 amide bonds. The fourth-order valence-corrected chi connectivity index (χ4v) is 3.90. The van der Waals surface area contributed by atoms with E-state index in [1.54, 1.807) is 0 Å². The summed E-state index contributed by atoms with van der Waals surface area (Å²) in [5, 5.41) is 3.15. The summed E-state index contributed by atoms with van der Waals surface area (Å²) in [6.45, 7) is 7.71. The molecule has 0 saturated carbocycles. The fraction of sp³-hybridized carbons (Fsp3) is 0.571. The first-order valence-corrected chi connectivity index (χ1v) is 9.49. The van der Waals surface area contributed by atoms with Gasteiger partial charge in [-0.15, -0.1) is 0 Å². The minimum Gasteiger partial charge on any atom is -0.373 e. The van der Waals surface area contributed by atoms with E-state index in [0.29, 0.717) is 6.54 Å². The maximum Gasteiger partial charge on any atom is 0.223 e. The van der Waals surface area contributed by atoms with Crippen molar-refractivity contribution in [3.8, 4) is 0 Å². The van der Waals surface area contributed by atoms with E-state index >= 15 is 0 Å². The van der Waals surface area contributed by atoms with E-state index in [1.165, 1.54) is 11.1 Å². The van der Waals surface area contributed by atoms with Gasteiger partial charge in [0.05, 0.1) is 12.2 Å². The molecule has 4 nitrogen and oxygen atoms in total. The lowest BCUT2D eigenvalue weighted by Crippen LogP contribution is -2.45. The van der Waals surface area contributed by atoms with E-state index in [2.05, 4.69) is 60.5 Å². The second-order valence-corrected chi connectivity index (χ2v) is 7.42. The summed E-state index contributed by atoms with van der Waals surface area (Å²) >= 11 is 0. The van der Waals surface area contributed by atoms with Gasteiger partial charge in [-0.3, -0.25) is 9.69 Å². The predicted octanol–water partition coefficient (Wildman–Crippen LogP) is 3.27. The molecule has 0 bridgehead atoms. The SMILES string of the molecule is CC1CN(Cc2ccccc2CNC(=O)C2CC=CCC2)CC(C)O1. The zero-order valence-corrected chi connectivity index (χ0v) is 15.4. The van der Waals surface area contributed by atoms with Crippen molar-refractivity contribution in [3.63, 3.8) is 0 Å². The van der Waals surface area contributed by atoms with Crippen LogP contribution in [0.5, 0.6) is 0 Å². The molecule has 1 aromatic carbocycles. The minimum atomic E-state index is 0.137. The molecule has 1 aliphatic carbocycles. The number of morpholine rings is 1. The van der Waals surface area contributed by atoms with Crippen LogP contribution in [0.1, 0.15) is 44.2 Å². The molecule has 1 N–H and O–H groups in total. The van der Waals surface area contributed by atoms with Crippen molar-refractivity contribution in [3.05, 3.63) is 47.5 Å². The van der Waals surface area contributed by atoms with E-state index in [-0.39, 0.29) is 24.0 Å². The summed E-state index contributed by atoms with van der Waals surface area (Å²) in [6.07, 6.45) is 7.70. The molecule has 3 rings (SSSR count). The molecular formula is C21H30N2O2. The molecule has 1 fully saturated rings. The fourth-order valence-electron chi connectivity index (χ4n) is 3.90. The van der Waals surface area contributed by atoms with Crippen molar-refractivity contribution in [2.24, 2.45) is 5.92 Å². The number of ether oxygens (including phenoxy) is 1. The third-order valence-corrected chi connectivity index (χ3v) is 5.10. The molecule has 1 aliphatic heterocycles. The number of rotatable bonds is 5. The second kappa shape index (κ2) is 8.63. The van der Waals surface area contributed by atoms with Crippen molar-refractivity contribution < 1.29 is 9.53 Å². The topological polar surface area (TPSA) is 41.6 Å². The zero-order valence-electron chi connectivity index (χ0n) is 15.4. The van der Waals surface area contributed by atoms with Crippen LogP contribution in [-0.4, -0.2) is 36.1 Å². The van der Waals surface area contributed by atoms with Crippen molar-refractivity contribution in [1.29, 1.82) is 0 Å². The molecule has 136 valence electrons. The molecule has 3 unspecified atom stereocenters. The second-order valence-electron chi connectivity index (χ2n) is 7.42. The first-order valence-electron chi connectivity index (χ1n) is 9.49. The monoisotopic (exact) mass is 342 g/mol. The lowest BCUT2D eigenvalue weighted by molar-refractivity contribution is -0.125. The first kappa shape index (κ1) is 18.2. The standard InChI is InChI=1S/C21H30N2O2/c1-16-13-23(14-17(2)25-16)15-20-11-7-6-10-19(20)12-22-21(24)18-8-4-3-5-9-18/h3-4,6-7,10-11,16-18H,5,8-9,12-15H2,1-2H3,(H,22,24). The number of amides is 1. The van der Waals surface area contributed by atoms with Crippen molar-refractivity contribution in [2.45, 2.75) is 58.4 Å². The molecule has 0 aromatic heterocycles. The van der Waals surface area contributed by atoms with Gasteiger partial charge in [0.2, 0.25) is 5.91 Å². The van der Waals surface area contributed by atoms with Crippen molar-refractivity contribution in [2.75, 3.05) is 13.1 Å². The number of hydrogen-bond acceptors (Lipinski definition) is 3. The highest BCUT2D eigenvalue weighted by molar-refractivity contribution is 5.79. The first-order chi connectivity index (χ1) is 12.1. The van der Waals surface area contributed by atoms with E-state index < -0.39 is 0 Å². The molecule has 1 saturated heterocycles. The molecule has 1 aromatic rings. The highest BCUT2D eigenvalue weighted by Crippen LogP contribution is 2.19. The van der Waals surface area contributed by atoms with Crippen LogP contribution < -0.4 is 5.32 Å². The third-order valence-electron chi connectivity index (χ3n) is 5.10. The Labute approximate surface area is 151 Å². The number of nitrogens with one attached hydrogen (secondary N) is 1. The summed E-state index contributed by atoms with van der Waals surface area (Å²) in [5.74, 6) is 0.325. The van der Waals surface area contributed by atoms with Gasteiger partial charge in [0.15, 0.2) is 0 Å². The number of hydrogen-bond donors (Lipinski definition) is 1. The zero-order chi connectivity index (χ0) is 17.6. The van der Waals surface area contributed by atoms with E-state index in [9.17, 15) is 4.79 Å². The average molecular weight is 342 g/mol. The van der Waals surface area contributed by atoms with E-state index in [4.69, 9.17) is 4.74 Å². The molecule has 0 radical (unpaired) electrons. The molecular weight excluding hydrogens is 312 g/mol. The number of carbonyl (C=O) groups excluding carboxylic acids is 1. The number of allylic oxidation sites excluding steroid dienone is 2. The Morgan fingerprint density at radius 3 is 2.56 bits per heavy atom. The molecule has 3 atom stereocenters. The van der Waals surface area contributed by atoms with Crippen LogP contribution in [0.4, 0.5) is 0 Å². The van der Waals surface area contributed by atoms with Gasteiger partial charge in [0.25, 0.3) is 0 Å². The van der Waals surface area contributed by atoms with Crippen LogP contribution in [0, 0.1) is 5.92 Å². The number of nitrogens with zero attached hydrogens (tertiary/aromatic N) is 1. The van der Waals surface area contributed by atoms with Gasteiger partial charge in [-0.2, -0.15) is 0 Å². The lowest BCUT2D eigenvalue weighted by atomic mass is 9.93. The number of benzene rings is 1. The van der Waals surface area contributed by atoms with Gasteiger partial charge in [-0.05, 0) is 44.2 Å². The molecule has 25 heavy (non-hydrogen) atoms. The van der Waals surface area contributed by atoms with Gasteiger partial charge in [0, 0.05) is 32.1 Å². The Morgan fingerprint density at radius 2 is 1.88 bits per heavy atom. The lowest BCUT2D eigenvalue weighted by Gasteiger charge is -2.35. The Bertz CT molecular complexity index is 604. The molecule has 4 heteroatoms. The normalized spacial score (nSPS) is 27.2. The predicted molar refractivity (Wildman–Crippen MR) is 100 cm³/mol. The minimum absolute atomic E-state index is 0.137. The Morgan fingerprint density at radius 1 is 1.16 bits per heavy atom. The van der Waals surface area contributed by atoms with Crippen LogP contribution in [-0.2, 0) is 22.6 Å². The smallest absolute Gasteiger partial charge is 0.223 e. The van der Waals surface area contributed by atoms with Crippen molar-refractivity contribution >= 4 is 5.91 Å². The summed E-state index contributed by atoms with van der Waals surface area (Å²) < 4.78 is 5.83. The third kappa shape index (κ3) is 5.16. The highest BCUT2D eigenvalue weighted by Gasteiger charge is 2.23. The summed E-state index contributed by atoms with van der Waals surface area (Å²) in [6, 6.07) is 8.44. The Kier molecular flexibility index (Phi) is 6.27. The van der Waals surface area contributed by atoms with Crippen molar-refractivity contribution in [1.82, 2.24) is 10.2 Å². The van der Waals surface area contributed by atoms with Crippen LogP contribution in [0.25, 0.3) is 0 Å². The quantitative estimate of drug-likeness (QED) is 0.835. The van der Waals surface area contributed by atoms with Crippen LogP contribution in [0.3, 0.4) is 0 Å². The van der Waals surface area contributed by atoms with Crippen LogP contribution in [0.2, 0.25) is 0 Å². The van der Waals surface area contributed by atoms with Gasteiger partial charge in [0.1, 0.15) is 0 Å². The van der Waals surface area contributed by atoms with Crippen LogP contribution >= 0.6 is 0 Å². The molecule has 1 heterocycles. The highest BCUT2D eigenvalue weighted by atomic mass is 16.5. The largest absolute Gasteiger partial charge is 0.373 e. The average Bonchev–Trinajstić information content (AvgIpc) is 2.60. The molecule has 2 aliphatic rings. The maximum absolute atomic E-state index is 12.4. The number of carbonyl (C=O) groups is 1. The summed E-state index contributed by atoms with van der Waals surface area (Å²) in [5.41, 5.74) is 2.52. The molecule has 0 spiro atoms. The van der Waals surface area contributed by atoms with E-state index in [0.717, 1.165) is 38.9 Å². The van der Waals surface area contributed by atoms with Gasteiger partial charge < -0.3 is 10.1 Å². The van der Waals surface area contributed by atoms with Crippen LogP contribution in [0.15, 0.2) is 36.4 Å². The van der Waals surface area contributed by atoms with Gasteiger partial charge >= 0.3 is 0 Å². The Hall–Kier alpha value is -1.65. The van der Waals surface area contributed by atoms with E-state index in [1.807, 2.05) is 0 Å². The van der Waals surface area contributed by atoms with Gasteiger partial charge in [-0.1, -0.05) is 36.4 Å². The summed E-state index contributed by atoms with van der Waals surface area (Å²) in [4.78, 5) is 14.8. The van der Waals surface area contributed by atoms with Gasteiger partial charge in [-0.25, -0.2) is 0 Å². The maximum atomic E-state index is 12.4.